The van der Waals surface area contributed by atoms with Gasteiger partial charge in [-0.05, 0) is 0 Å². The summed E-state index contributed by atoms with van der Waals surface area (Å²) in [5, 5.41) is 0.806. The summed E-state index contributed by atoms with van der Waals surface area (Å²) in [7, 11) is 0. The molecule has 2 N–H and O–H groups in total. The molecule has 0 bridgehead atoms. The first-order chi connectivity index (χ1) is 6.62. The molecule has 0 saturated carbocycles. The first-order valence-electron chi connectivity index (χ1n) is 4.59. The highest BCUT2D eigenvalue weighted by Crippen LogP contribution is 2.29. The summed E-state index contributed by atoms with van der Waals surface area (Å²) in [6.07, 6.45) is 4.01. The van der Waals surface area contributed by atoms with Crippen LogP contribution in [0.1, 0.15) is 12.8 Å². The number of hydrogen-bond acceptors (Lipinski definition) is 2. The summed E-state index contributed by atoms with van der Waals surface area (Å²) in [5.74, 6) is 6.20. The van der Waals surface area contributed by atoms with E-state index in [1.807, 2.05) is 6.07 Å². The molecule has 0 atom stereocenters. The Bertz CT molecular complexity index is 353. The van der Waals surface area contributed by atoms with Crippen molar-refractivity contribution in [1.29, 1.82) is 0 Å². The number of hydrogen-bond donors (Lipinski definition) is 1. The van der Waals surface area contributed by atoms with Crippen LogP contribution in [-0.4, -0.2) is 18.1 Å². The molecule has 92 valence electrons. The molecule has 1 saturated heterocycles. The molecule has 16 heavy (non-hydrogen) atoms. The fourth-order valence-corrected chi connectivity index (χ4v) is 2.08. The standard InChI is InChI=1S/C9H12Cl2N3.2ClH/c10-8-5-7(6-13-9(8)11)14(12)3-1-2-4-14;;/h5-6H,1-4,12H2;2*1H/q+1;;. The highest BCUT2D eigenvalue weighted by molar-refractivity contribution is 6.41. The molecule has 0 spiro atoms. The predicted molar refractivity (Wildman–Crippen MR) is 73.7 cm³/mol. The van der Waals surface area contributed by atoms with Crippen molar-refractivity contribution >= 4 is 53.7 Å². The van der Waals surface area contributed by atoms with Crippen LogP contribution < -0.4 is 10.4 Å². The van der Waals surface area contributed by atoms with E-state index in [-0.39, 0.29) is 24.8 Å². The molecule has 7 heteroatoms. The van der Waals surface area contributed by atoms with Crippen molar-refractivity contribution in [2.45, 2.75) is 12.8 Å². The van der Waals surface area contributed by atoms with Crippen LogP contribution in [0.2, 0.25) is 10.2 Å². The van der Waals surface area contributed by atoms with Gasteiger partial charge in [0.15, 0.2) is 5.69 Å². The molecule has 0 aliphatic carbocycles. The molecule has 2 rings (SSSR count). The molecule has 0 amide bonds. The van der Waals surface area contributed by atoms with Gasteiger partial charge in [-0.25, -0.2) is 9.58 Å². The Kier molecular flexibility index (Phi) is 6.33. The van der Waals surface area contributed by atoms with Gasteiger partial charge < -0.3 is 0 Å². The number of halogens is 4. The summed E-state index contributed by atoms with van der Waals surface area (Å²) >= 11 is 11.6. The number of rotatable bonds is 1. The van der Waals surface area contributed by atoms with E-state index in [2.05, 4.69) is 4.98 Å². The summed E-state index contributed by atoms with van der Waals surface area (Å²) in [5.41, 5.74) is 0.942. The van der Waals surface area contributed by atoms with Gasteiger partial charge in [0.2, 0.25) is 0 Å². The van der Waals surface area contributed by atoms with E-state index < -0.39 is 0 Å². The second-order valence-electron chi connectivity index (χ2n) is 3.65. The molecular formula is C9H14Cl4N3+. The lowest BCUT2D eigenvalue weighted by molar-refractivity contribution is 0.346. The number of nitrogens with zero attached hydrogens (tertiary/aromatic N) is 2. The van der Waals surface area contributed by atoms with E-state index in [0.29, 0.717) is 14.8 Å². The zero-order chi connectivity index (χ0) is 10.2. The fraction of sp³-hybridized carbons (Fsp3) is 0.444. The van der Waals surface area contributed by atoms with E-state index in [9.17, 15) is 0 Å². The van der Waals surface area contributed by atoms with Crippen molar-refractivity contribution < 1.29 is 0 Å². The Morgan fingerprint density at radius 3 is 2.25 bits per heavy atom. The Labute approximate surface area is 117 Å². The maximum Gasteiger partial charge on any atom is 0.172 e. The number of pyridine rings is 1. The Morgan fingerprint density at radius 2 is 1.75 bits per heavy atom. The molecule has 2 heterocycles. The largest absolute Gasteiger partial charge is 0.237 e. The van der Waals surface area contributed by atoms with Crippen LogP contribution in [0.25, 0.3) is 0 Å². The molecular weight excluding hydrogens is 292 g/mol. The first-order valence-corrected chi connectivity index (χ1v) is 5.35. The highest BCUT2D eigenvalue weighted by Gasteiger charge is 2.31. The number of quaternary nitrogens is 1. The van der Waals surface area contributed by atoms with Gasteiger partial charge in [0.1, 0.15) is 18.2 Å². The topological polar surface area (TPSA) is 38.9 Å². The third kappa shape index (κ3) is 3.13. The Hall–Kier alpha value is 0.230. The number of nitrogens with two attached hydrogens (primary N) is 1. The minimum atomic E-state index is 0. The zero-order valence-corrected chi connectivity index (χ0v) is 11.7. The van der Waals surface area contributed by atoms with E-state index >= 15 is 0 Å². The van der Waals surface area contributed by atoms with Crippen molar-refractivity contribution in [2.75, 3.05) is 13.1 Å². The highest BCUT2D eigenvalue weighted by atomic mass is 35.5. The zero-order valence-electron chi connectivity index (χ0n) is 8.53. The van der Waals surface area contributed by atoms with Crippen LogP contribution in [0.3, 0.4) is 0 Å². The Balaban J connectivity index is 0.00000112. The molecule has 0 unspecified atom stereocenters. The van der Waals surface area contributed by atoms with E-state index in [0.717, 1.165) is 31.6 Å². The summed E-state index contributed by atoms with van der Waals surface area (Å²) in [4.78, 5) is 4.01. The second-order valence-corrected chi connectivity index (χ2v) is 4.42. The van der Waals surface area contributed by atoms with Crippen LogP contribution in [-0.2, 0) is 0 Å². The fourth-order valence-electron chi connectivity index (χ4n) is 1.81. The lowest BCUT2D eigenvalue weighted by Crippen LogP contribution is -2.53. The normalized spacial score (nSPS) is 17.4. The van der Waals surface area contributed by atoms with Crippen molar-refractivity contribution in [3.8, 4) is 0 Å². The third-order valence-corrected chi connectivity index (χ3v) is 3.35. The molecule has 1 aromatic heterocycles. The average Bonchev–Trinajstić information content (AvgIpc) is 2.58. The molecule has 1 fully saturated rings. The van der Waals surface area contributed by atoms with Crippen molar-refractivity contribution in [3.63, 3.8) is 0 Å². The summed E-state index contributed by atoms with van der Waals surface area (Å²) < 4.78 is 0.434. The van der Waals surface area contributed by atoms with E-state index in [1.54, 1.807) is 6.20 Å². The van der Waals surface area contributed by atoms with Gasteiger partial charge in [-0.2, -0.15) is 5.84 Å². The SMILES string of the molecule is Cl.Cl.N[N+]1(c2cnc(Cl)c(Cl)c2)CCCC1. The molecule has 0 aromatic carbocycles. The summed E-state index contributed by atoms with van der Waals surface area (Å²) in [6, 6.07) is 1.81. The second kappa shape index (κ2) is 6.24. The van der Waals surface area contributed by atoms with Crippen LogP contribution in [0.15, 0.2) is 12.3 Å². The maximum absolute atomic E-state index is 6.20. The van der Waals surface area contributed by atoms with Gasteiger partial charge in [-0.15, -0.1) is 24.8 Å². The quantitative estimate of drug-likeness (QED) is 0.491. The monoisotopic (exact) mass is 304 g/mol. The maximum atomic E-state index is 6.20. The van der Waals surface area contributed by atoms with Gasteiger partial charge in [-0.1, -0.05) is 23.2 Å². The van der Waals surface area contributed by atoms with Gasteiger partial charge in [0, 0.05) is 18.9 Å². The molecule has 1 aliphatic rings. The smallest absolute Gasteiger partial charge is 0.172 e. The van der Waals surface area contributed by atoms with Crippen molar-refractivity contribution in [1.82, 2.24) is 9.58 Å². The van der Waals surface area contributed by atoms with Crippen molar-refractivity contribution in [2.24, 2.45) is 5.84 Å². The number of aromatic nitrogens is 1. The minimum absolute atomic E-state index is 0. The van der Waals surface area contributed by atoms with Crippen LogP contribution in [0.4, 0.5) is 5.69 Å². The van der Waals surface area contributed by atoms with Crippen molar-refractivity contribution in [3.05, 3.63) is 22.4 Å². The molecule has 0 radical (unpaired) electrons. The first kappa shape index (κ1) is 16.2. The molecule has 3 nitrogen and oxygen atoms in total. The van der Waals surface area contributed by atoms with Gasteiger partial charge in [0.25, 0.3) is 0 Å². The van der Waals surface area contributed by atoms with Gasteiger partial charge >= 0.3 is 0 Å². The van der Waals surface area contributed by atoms with Crippen LogP contribution in [0.5, 0.6) is 0 Å². The average molecular weight is 306 g/mol. The predicted octanol–water partition coefficient (Wildman–Crippen LogP) is 3.21. The minimum Gasteiger partial charge on any atom is -0.237 e. The summed E-state index contributed by atoms with van der Waals surface area (Å²) in [6.45, 7) is 1.89. The van der Waals surface area contributed by atoms with E-state index in [4.69, 9.17) is 29.0 Å². The molecule has 1 aliphatic heterocycles. The van der Waals surface area contributed by atoms with E-state index in [1.165, 1.54) is 0 Å². The van der Waals surface area contributed by atoms with Crippen LogP contribution >= 0.6 is 48.0 Å². The lowest BCUT2D eigenvalue weighted by atomic mass is 10.3. The van der Waals surface area contributed by atoms with Crippen LogP contribution in [0, 0.1) is 0 Å². The van der Waals surface area contributed by atoms with Gasteiger partial charge in [0.05, 0.1) is 11.2 Å². The molecule has 1 aromatic rings. The third-order valence-electron chi connectivity index (χ3n) is 2.66. The Morgan fingerprint density at radius 1 is 1.19 bits per heavy atom. The lowest BCUT2D eigenvalue weighted by Gasteiger charge is -2.26. The van der Waals surface area contributed by atoms with Gasteiger partial charge in [-0.3, -0.25) is 0 Å².